The van der Waals surface area contributed by atoms with Gasteiger partial charge in [-0.3, -0.25) is 9.69 Å². The van der Waals surface area contributed by atoms with Crippen LogP contribution in [0.2, 0.25) is 5.02 Å². The molecule has 0 saturated carbocycles. The molecule has 3 aromatic rings. The van der Waals surface area contributed by atoms with Gasteiger partial charge in [-0.25, -0.2) is 19.6 Å². The van der Waals surface area contributed by atoms with E-state index >= 15 is 0 Å². The molecule has 10 heteroatoms. The van der Waals surface area contributed by atoms with Gasteiger partial charge >= 0.3 is 0 Å². The second-order valence-corrected chi connectivity index (χ2v) is 8.14. The molecule has 1 atom stereocenters. The lowest BCUT2D eigenvalue weighted by atomic mass is 9.97. The predicted octanol–water partition coefficient (Wildman–Crippen LogP) is 2.07. The van der Waals surface area contributed by atoms with Gasteiger partial charge < -0.3 is 9.72 Å². The minimum absolute atomic E-state index is 0.0197. The first-order valence-electron chi connectivity index (χ1n) is 9.87. The fourth-order valence-electron chi connectivity index (χ4n) is 4.05. The van der Waals surface area contributed by atoms with Crippen LogP contribution in [0.1, 0.15) is 49.4 Å². The predicted molar refractivity (Wildman–Crippen MR) is 107 cm³/mol. The van der Waals surface area contributed by atoms with Crippen molar-refractivity contribution >= 4 is 22.6 Å². The molecule has 2 aliphatic heterocycles. The number of nitrogens with one attached hydrogen (secondary N) is 1. The van der Waals surface area contributed by atoms with Crippen molar-refractivity contribution in [1.82, 2.24) is 34.6 Å². The van der Waals surface area contributed by atoms with Gasteiger partial charge in [0.15, 0.2) is 5.65 Å². The van der Waals surface area contributed by atoms with Gasteiger partial charge in [-0.05, 0) is 19.8 Å². The van der Waals surface area contributed by atoms with Crippen LogP contribution in [0.4, 0.5) is 0 Å². The minimum Gasteiger partial charge on any atom is -0.381 e. The average Bonchev–Trinajstić information content (AvgIpc) is 3.13. The summed E-state index contributed by atoms with van der Waals surface area (Å²) in [4.78, 5) is 31.2. The van der Waals surface area contributed by atoms with E-state index in [1.54, 1.807) is 18.6 Å². The van der Waals surface area contributed by atoms with Crippen LogP contribution in [-0.2, 0) is 4.74 Å². The molecule has 0 radical (unpaired) electrons. The van der Waals surface area contributed by atoms with Gasteiger partial charge in [0.2, 0.25) is 0 Å². The van der Waals surface area contributed by atoms with E-state index in [1.807, 2.05) is 4.68 Å². The molecule has 2 saturated heterocycles. The molecule has 3 aromatic heterocycles. The lowest BCUT2D eigenvalue weighted by Crippen LogP contribution is -2.47. The Morgan fingerprint density at radius 2 is 1.93 bits per heavy atom. The zero-order valence-corrected chi connectivity index (χ0v) is 16.8. The van der Waals surface area contributed by atoms with Gasteiger partial charge in [0.25, 0.3) is 5.56 Å². The van der Waals surface area contributed by atoms with Crippen LogP contribution in [0, 0.1) is 0 Å². The number of halogens is 1. The van der Waals surface area contributed by atoms with Crippen molar-refractivity contribution in [2.45, 2.75) is 37.8 Å². The van der Waals surface area contributed by atoms with Gasteiger partial charge in [0.05, 0.1) is 23.3 Å². The Balaban J connectivity index is 1.37. The van der Waals surface area contributed by atoms with Crippen molar-refractivity contribution < 1.29 is 4.74 Å². The van der Waals surface area contributed by atoms with Crippen LogP contribution < -0.4 is 5.56 Å². The Morgan fingerprint density at radius 3 is 2.66 bits per heavy atom. The first-order chi connectivity index (χ1) is 14.1. The molecule has 0 unspecified atom stereocenters. The van der Waals surface area contributed by atoms with Crippen molar-refractivity contribution in [2.75, 3.05) is 26.3 Å². The van der Waals surface area contributed by atoms with Crippen molar-refractivity contribution in [1.29, 1.82) is 0 Å². The van der Waals surface area contributed by atoms with Crippen molar-refractivity contribution in [2.24, 2.45) is 0 Å². The summed E-state index contributed by atoms with van der Waals surface area (Å²) in [5, 5.41) is 5.52. The number of hydrogen-bond acceptors (Lipinski definition) is 7. The first-order valence-corrected chi connectivity index (χ1v) is 10.2. The molecule has 152 valence electrons. The number of rotatable bonds is 4. The standard InChI is InChI=1S/C19H22ClN7O2/c1-11(26-9-12(10-26)17-21-6-13(20)7-22-17)16-24-18-15(19(28)25-16)8-23-27(18)14-2-4-29-5-3-14/h6-8,11-12,14H,2-5,9-10H2,1H3,(H,24,25,28)/t11-/m1/s1. The summed E-state index contributed by atoms with van der Waals surface area (Å²) in [5.74, 6) is 1.72. The number of likely N-dealkylation sites (tertiary alicyclic amines) is 1. The lowest BCUT2D eigenvalue weighted by Gasteiger charge is -2.41. The number of nitrogens with zero attached hydrogens (tertiary/aromatic N) is 6. The maximum Gasteiger partial charge on any atom is 0.262 e. The quantitative estimate of drug-likeness (QED) is 0.695. The highest BCUT2D eigenvalue weighted by Crippen LogP contribution is 2.32. The maximum absolute atomic E-state index is 12.6. The molecular weight excluding hydrogens is 394 g/mol. The van der Waals surface area contributed by atoms with E-state index in [-0.39, 0.29) is 23.6 Å². The number of aromatic nitrogens is 6. The summed E-state index contributed by atoms with van der Waals surface area (Å²) in [5.41, 5.74) is 0.508. The van der Waals surface area contributed by atoms with Crippen LogP contribution in [0.15, 0.2) is 23.4 Å². The number of fused-ring (bicyclic) bond motifs is 1. The molecule has 1 N–H and O–H groups in total. The largest absolute Gasteiger partial charge is 0.381 e. The monoisotopic (exact) mass is 415 g/mol. The van der Waals surface area contributed by atoms with E-state index in [9.17, 15) is 4.79 Å². The van der Waals surface area contributed by atoms with E-state index in [4.69, 9.17) is 21.3 Å². The summed E-state index contributed by atoms with van der Waals surface area (Å²) in [6.45, 7) is 5.09. The van der Waals surface area contributed by atoms with E-state index in [0.717, 1.165) is 31.8 Å². The molecule has 0 spiro atoms. The normalized spacial score (nSPS) is 20.1. The van der Waals surface area contributed by atoms with Crippen LogP contribution in [0.3, 0.4) is 0 Å². The topological polar surface area (TPSA) is 102 Å². The molecule has 9 nitrogen and oxygen atoms in total. The molecule has 5 rings (SSSR count). The zero-order valence-electron chi connectivity index (χ0n) is 16.1. The van der Waals surface area contributed by atoms with Gasteiger partial charge in [-0.2, -0.15) is 5.10 Å². The smallest absolute Gasteiger partial charge is 0.262 e. The number of ether oxygens (including phenoxy) is 1. The highest BCUT2D eigenvalue weighted by molar-refractivity contribution is 6.30. The van der Waals surface area contributed by atoms with Crippen molar-refractivity contribution in [3.05, 3.63) is 45.6 Å². The molecule has 29 heavy (non-hydrogen) atoms. The van der Waals surface area contributed by atoms with Gasteiger partial charge in [-0.15, -0.1) is 0 Å². The number of aromatic amines is 1. The summed E-state index contributed by atoms with van der Waals surface area (Å²) in [6, 6.07) is 0.197. The molecule has 0 aromatic carbocycles. The van der Waals surface area contributed by atoms with Gasteiger partial charge in [0.1, 0.15) is 17.0 Å². The lowest BCUT2D eigenvalue weighted by molar-refractivity contribution is 0.0672. The molecule has 5 heterocycles. The first kappa shape index (κ1) is 18.7. The maximum atomic E-state index is 12.6. The number of hydrogen-bond donors (Lipinski definition) is 1. The Kier molecular flexibility index (Phi) is 4.81. The third-order valence-corrected chi connectivity index (χ3v) is 6.07. The van der Waals surface area contributed by atoms with E-state index in [0.29, 0.717) is 35.1 Å². The van der Waals surface area contributed by atoms with E-state index in [2.05, 4.69) is 31.9 Å². The summed E-state index contributed by atoms with van der Waals surface area (Å²) < 4.78 is 7.34. The van der Waals surface area contributed by atoms with Crippen LogP contribution >= 0.6 is 11.6 Å². The van der Waals surface area contributed by atoms with Crippen molar-refractivity contribution in [3.8, 4) is 0 Å². The molecule has 2 aliphatic rings. The minimum atomic E-state index is -0.145. The van der Waals surface area contributed by atoms with Crippen molar-refractivity contribution in [3.63, 3.8) is 0 Å². The van der Waals surface area contributed by atoms with E-state index < -0.39 is 0 Å². The second-order valence-electron chi connectivity index (χ2n) is 7.71. The summed E-state index contributed by atoms with van der Waals surface area (Å²) >= 11 is 5.87. The molecule has 0 aliphatic carbocycles. The fraction of sp³-hybridized carbons (Fsp3) is 0.526. The Hall–Kier alpha value is -2.36. The van der Waals surface area contributed by atoms with Gasteiger partial charge in [-0.1, -0.05) is 11.6 Å². The van der Waals surface area contributed by atoms with Crippen LogP contribution in [-0.4, -0.2) is 60.9 Å². The third kappa shape index (κ3) is 3.43. The third-order valence-electron chi connectivity index (χ3n) is 5.88. The summed E-state index contributed by atoms with van der Waals surface area (Å²) in [7, 11) is 0. The SMILES string of the molecule is C[C@H](c1nc2c(cnn2C2CCOCC2)c(=O)[nH]1)N1CC(c2ncc(Cl)cn2)C1. The highest BCUT2D eigenvalue weighted by atomic mass is 35.5. The highest BCUT2D eigenvalue weighted by Gasteiger charge is 2.35. The summed E-state index contributed by atoms with van der Waals surface area (Å²) in [6.07, 6.45) is 6.62. The molecule has 2 fully saturated rings. The van der Waals surface area contributed by atoms with Crippen LogP contribution in [0.5, 0.6) is 0 Å². The molecule has 0 amide bonds. The Labute approximate surface area is 172 Å². The second kappa shape index (κ2) is 7.47. The van der Waals surface area contributed by atoms with Crippen LogP contribution in [0.25, 0.3) is 11.0 Å². The zero-order chi connectivity index (χ0) is 20.0. The molecular formula is C19H22ClN7O2. The molecule has 0 bridgehead atoms. The fourth-order valence-corrected chi connectivity index (χ4v) is 4.14. The van der Waals surface area contributed by atoms with Gasteiger partial charge in [0, 0.05) is 44.6 Å². The Bertz CT molecular complexity index is 1070. The number of H-pyrrole nitrogens is 1. The Morgan fingerprint density at radius 1 is 1.21 bits per heavy atom. The average molecular weight is 416 g/mol. The van der Waals surface area contributed by atoms with E-state index in [1.165, 1.54) is 0 Å².